The quantitative estimate of drug-likeness (QED) is 0.289. The van der Waals surface area contributed by atoms with Crippen LogP contribution in [0.4, 0.5) is 0 Å². The molecular weight excluding hydrogens is 199 g/mol. The van der Waals surface area contributed by atoms with Gasteiger partial charge in [-0.15, -0.1) is 9.24 Å². The summed E-state index contributed by atoms with van der Waals surface area (Å²) in [6.45, 7) is 6.78. The zero-order valence-electron chi connectivity index (χ0n) is 10.9. The molecule has 0 aliphatic carbocycles. The first kappa shape index (κ1) is 15.2. The largest absolute Gasteiger partial charge is 0.137 e. The number of rotatable bonds is 9. The monoisotopic (exact) mass is 228 g/mol. The molecule has 1 heteroatoms. The Bertz CT molecular complexity index is 157. The summed E-state index contributed by atoms with van der Waals surface area (Å²) < 4.78 is 0. The van der Waals surface area contributed by atoms with Crippen LogP contribution in [0.15, 0.2) is 11.6 Å². The molecule has 0 aromatic rings. The fourth-order valence-electron chi connectivity index (χ4n) is 1.74. The maximum absolute atomic E-state index is 2.88. The number of allylic oxidation sites excluding steroid dienone is 2. The van der Waals surface area contributed by atoms with Gasteiger partial charge in [0.05, 0.1) is 0 Å². The molecule has 2 atom stereocenters. The minimum absolute atomic E-state index is 0.947. The van der Waals surface area contributed by atoms with E-state index in [2.05, 4.69) is 36.1 Å². The van der Waals surface area contributed by atoms with Gasteiger partial charge in [-0.25, -0.2) is 0 Å². The van der Waals surface area contributed by atoms with Gasteiger partial charge in [-0.3, -0.25) is 0 Å². The van der Waals surface area contributed by atoms with Crippen LogP contribution in [0.1, 0.15) is 65.7 Å². The van der Waals surface area contributed by atoms with Crippen molar-refractivity contribution in [3.63, 3.8) is 0 Å². The molecule has 0 aromatic carbocycles. The molecule has 0 heterocycles. The van der Waals surface area contributed by atoms with Gasteiger partial charge in [0.1, 0.15) is 0 Å². The molecule has 0 aromatic heterocycles. The van der Waals surface area contributed by atoms with Crippen molar-refractivity contribution in [2.75, 3.05) is 6.16 Å². The number of hydrogen-bond acceptors (Lipinski definition) is 0. The van der Waals surface area contributed by atoms with E-state index in [0.717, 1.165) is 5.92 Å². The van der Waals surface area contributed by atoms with E-state index in [1.165, 1.54) is 51.1 Å². The molecule has 0 aliphatic heterocycles. The average molecular weight is 228 g/mol. The number of hydrogen-bond donors (Lipinski definition) is 0. The summed E-state index contributed by atoms with van der Waals surface area (Å²) in [7, 11) is 2.88. The van der Waals surface area contributed by atoms with Crippen molar-refractivity contribution in [2.24, 2.45) is 5.92 Å². The van der Waals surface area contributed by atoms with Crippen molar-refractivity contribution in [2.45, 2.75) is 65.7 Å². The summed E-state index contributed by atoms with van der Waals surface area (Å²) in [5.74, 6) is 0.947. The Morgan fingerprint density at radius 1 is 1.20 bits per heavy atom. The fraction of sp³-hybridized carbons (Fsp3) is 0.857. The summed E-state index contributed by atoms with van der Waals surface area (Å²) in [5, 5.41) is 0. The third kappa shape index (κ3) is 9.12. The van der Waals surface area contributed by atoms with Gasteiger partial charge in [0.2, 0.25) is 0 Å². The zero-order chi connectivity index (χ0) is 11.5. The van der Waals surface area contributed by atoms with Crippen molar-refractivity contribution in [1.82, 2.24) is 0 Å². The van der Waals surface area contributed by atoms with Crippen molar-refractivity contribution in [3.8, 4) is 0 Å². The van der Waals surface area contributed by atoms with Gasteiger partial charge in [-0.1, -0.05) is 51.2 Å². The van der Waals surface area contributed by atoms with Crippen LogP contribution < -0.4 is 0 Å². The molecule has 0 saturated carbocycles. The third-order valence-corrected chi connectivity index (χ3v) is 3.94. The van der Waals surface area contributed by atoms with Crippen LogP contribution in [0, 0.1) is 5.92 Å². The Balaban J connectivity index is 3.31. The van der Waals surface area contributed by atoms with Crippen molar-refractivity contribution in [3.05, 3.63) is 11.6 Å². The van der Waals surface area contributed by atoms with Crippen LogP contribution in [0.5, 0.6) is 0 Å². The standard InChI is InChI=1S/C14H29P/c1-4-13(3)10-8-6-7-9-11-14(5-2)12-15/h10,14H,4-9,11-12,15H2,1-3H3. The van der Waals surface area contributed by atoms with Crippen LogP contribution in [0.3, 0.4) is 0 Å². The average Bonchev–Trinajstić information content (AvgIpc) is 2.28. The number of unbranched alkanes of at least 4 members (excludes halogenated alkanes) is 3. The maximum atomic E-state index is 2.88. The highest BCUT2D eigenvalue weighted by Crippen LogP contribution is 2.16. The van der Waals surface area contributed by atoms with E-state index in [1.807, 2.05) is 0 Å². The first-order valence-electron chi connectivity index (χ1n) is 6.60. The smallest absolute Gasteiger partial charge is 0.0348 e. The van der Waals surface area contributed by atoms with Gasteiger partial charge in [-0.2, -0.15) is 0 Å². The van der Waals surface area contributed by atoms with Crippen molar-refractivity contribution in [1.29, 1.82) is 0 Å². The van der Waals surface area contributed by atoms with E-state index in [1.54, 1.807) is 5.57 Å². The minimum Gasteiger partial charge on any atom is -0.137 e. The predicted molar refractivity (Wildman–Crippen MR) is 75.5 cm³/mol. The molecule has 0 N–H and O–H groups in total. The molecule has 0 aliphatic rings. The first-order valence-corrected chi connectivity index (χ1v) is 7.41. The van der Waals surface area contributed by atoms with Gasteiger partial charge in [0, 0.05) is 0 Å². The Morgan fingerprint density at radius 2 is 1.93 bits per heavy atom. The molecular formula is C14H29P. The normalized spacial score (nSPS) is 14.3. The lowest BCUT2D eigenvalue weighted by atomic mass is 10.00. The lowest BCUT2D eigenvalue weighted by molar-refractivity contribution is 0.486. The lowest BCUT2D eigenvalue weighted by Crippen LogP contribution is -1.99. The summed E-state index contributed by atoms with van der Waals surface area (Å²) >= 11 is 0. The first-order chi connectivity index (χ1) is 7.24. The van der Waals surface area contributed by atoms with Gasteiger partial charge >= 0.3 is 0 Å². The van der Waals surface area contributed by atoms with E-state index >= 15 is 0 Å². The molecule has 0 fully saturated rings. The second-order valence-corrected chi connectivity index (χ2v) is 5.02. The van der Waals surface area contributed by atoms with Crippen molar-refractivity contribution >= 4 is 9.24 Å². The second-order valence-electron chi connectivity index (χ2n) is 4.55. The lowest BCUT2D eigenvalue weighted by Gasteiger charge is -2.10. The van der Waals surface area contributed by atoms with Gasteiger partial charge in [0.15, 0.2) is 0 Å². The predicted octanol–water partition coefficient (Wildman–Crippen LogP) is 5.19. The summed E-state index contributed by atoms with van der Waals surface area (Å²) in [6, 6.07) is 0. The SMILES string of the molecule is CCC(C)=CCCCCCC(CC)CP. The fourth-order valence-corrected chi connectivity index (χ4v) is 2.30. The Labute approximate surface area is 99.1 Å². The highest BCUT2D eigenvalue weighted by molar-refractivity contribution is 7.16. The van der Waals surface area contributed by atoms with E-state index in [9.17, 15) is 0 Å². The Kier molecular flexibility index (Phi) is 10.8. The Hall–Kier alpha value is 0.170. The van der Waals surface area contributed by atoms with Crippen LogP contribution in [-0.2, 0) is 0 Å². The molecule has 0 amide bonds. The van der Waals surface area contributed by atoms with E-state index < -0.39 is 0 Å². The van der Waals surface area contributed by atoms with Gasteiger partial charge < -0.3 is 0 Å². The summed E-state index contributed by atoms with van der Waals surface area (Å²) in [5.41, 5.74) is 1.55. The minimum atomic E-state index is 0.947. The van der Waals surface area contributed by atoms with E-state index in [-0.39, 0.29) is 0 Å². The summed E-state index contributed by atoms with van der Waals surface area (Å²) in [6.07, 6.45) is 13.2. The molecule has 2 unspecified atom stereocenters. The molecule has 0 bridgehead atoms. The maximum Gasteiger partial charge on any atom is -0.0348 e. The molecule has 15 heavy (non-hydrogen) atoms. The van der Waals surface area contributed by atoms with E-state index in [4.69, 9.17) is 0 Å². The highest BCUT2D eigenvalue weighted by Gasteiger charge is 2.01. The molecule has 0 rings (SSSR count). The van der Waals surface area contributed by atoms with Crippen LogP contribution in [0.25, 0.3) is 0 Å². The van der Waals surface area contributed by atoms with Crippen molar-refractivity contribution < 1.29 is 0 Å². The second kappa shape index (κ2) is 10.7. The highest BCUT2D eigenvalue weighted by atomic mass is 31.0. The molecule has 0 saturated heterocycles. The molecule has 90 valence electrons. The van der Waals surface area contributed by atoms with Crippen LogP contribution in [0.2, 0.25) is 0 Å². The molecule has 0 spiro atoms. The van der Waals surface area contributed by atoms with Gasteiger partial charge in [0.25, 0.3) is 0 Å². The van der Waals surface area contributed by atoms with Gasteiger partial charge in [-0.05, 0) is 38.3 Å². The topological polar surface area (TPSA) is 0 Å². The van der Waals surface area contributed by atoms with Crippen LogP contribution >= 0.6 is 9.24 Å². The van der Waals surface area contributed by atoms with Crippen LogP contribution in [-0.4, -0.2) is 6.16 Å². The molecule has 0 radical (unpaired) electrons. The molecule has 0 nitrogen and oxygen atoms in total. The zero-order valence-corrected chi connectivity index (χ0v) is 12.0. The third-order valence-electron chi connectivity index (χ3n) is 3.28. The van der Waals surface area contributed by atoms with E-state index in [0.29, 0.717) is 0 Å². The summed E-state index contributed by atoms with van der Waals surface area (Å²) in [4.78, 5) is 0. The Morgan fingerprint density at radius 3 is 2.47 bits per heavy atom.